The zero-order chi connectivity index (χ0) is 19.1. The Balaban J connectivity index is 1.60. The fraction of sp³-hybridized carbons (Fsp3) is 0.143. The van der Waals surface area contributed by atoms with Gasteiger partial charge in [0.1, 0.15) is 18.2 Å². The minimum absolute atomic E-state index is 0.489. The second-order valence-electron chi connectivity index (χ2n) is 5.90. The molecule has 3 aromatic rings. The molecular formula is C21H22N4OS. The normalized spacial score (nSPS) is 10.3. The SMILES string of the molecule is C=CCOc1ccc(NC(=S)NCc2ccccc2-n2ccnc2C)cc1. The number of aromatic nitrogens is 2. The van der Waals surface area contributed by atoms with Crippen LogP contribution >= 0.6 is 12.2 Å². The maximum absolute atomic E-state index is 5.48. The predicted octanol–water partition coefficient (Wildman–Crippen LogP) is 4.23. The lowest BCUT2D eigenvalue weighted by atomic mass is 10.1. The lowest BCUT2D eigenvalue weighted by Crippen LogP contribution is -2.28. The molecule has 3 rings (SSSR count). The van der Waals surface area contributed by atoms with E-state index in [0.29, 0.717) is 18.3 Å². The van der Waals surface area contributed by atoms with Crippen LogP contribution in [0.5, 0.6) is 5.75 Å². The largest absolute Gasteiger partial charge is 0.490 e. The van der Waals surface area contributed by atoms with Crippen LogP contribution in [0.3, 0.4) is 0 Å². The Morgan fingerprint density at radius 2 is 2.00 bits per heavy atom. The van der Waals surface area contributed by atoms with Gasteiger partial charge in [0.05, 0.1) is 5.69 Å². The molecule has 0 aliphatic carbocycles. The Labute approximate surface area is 164 Å². The molecule has 6 heteroatoms. The first-order valence-corrected chi connectivity index (χ1v) is 9.05. The van der Waals surface area contributed by atoms with E-state index in [2.05, 4.69) is 38.9 Å². The van der Waals surface area contributed by atoms with Crippen LogP contribution in [0.15, 0.2) is 73.6 Å². The summed E-state index contributed by atoms with van der Waals surface area (Å²) < 4.78 is 7.54. The number of hydrogen-bond donors (Lipinski definition) is 2. The molecule has 0 amide bonds. The average Bonchev–Trinajstić information content (AvgIpc) is 3.12. The van der Waals surface area contributed by atoms with Gasteiger partial charge in [-0.3, -0.25) is 0 Å². The quantitative estimate of drug-likeness (QED) is 0.476. The Hall–Kier alpha value is -3.12. The van der Waals surface area contributed by atoms with Crippen LogP contribution in [-0.2, 0) is 6.54 Å². The van der Waals surface area contributed by atoms with Gasteiger partial charge in [0.25, 0.3) is 0 Å². The lowest BCUT2D eigenvalue weighted by Gasteiger charge is -2.15. The first kappa shape index (κ1) is 18.7. The van der Waals surface area contributed by atoms with E-state index in [9.17, 15) is 0 Å². The van der Waals surface area contributed by atoms with Crippen molar-refractivity contribution in [2.75, 3.05) is 11.9 Å². The summed E-state index contributed by atoms with van der Waals surface area (Å²) in [6.07, 6.45) is 5.48. The Morgan fingerprint density at radius 3 is 2.70 bits per heavy atom. The van der Waals surface area contributed by atoms with Gasteiger partial charge in [-0.1, -0.05) is 30.9 Å². The average molecular weight is 379 g/mol. The van der Waals surface area contributed by atoms with Gasteiger partial charge < -0.3 is 19.9 Å². The molecule has 0 aliphatic heterocycles. The van der Waals surface area contributed by atoms with Gasteiger partial charge in [-0.2, -0.15) is 0 Å². The molecule has 27 heavy (non-hydrogen) atoms. The van der Waals surface area contributed by atoms with E-state index in [0.717, 1.165) is 28.5 Å². The minimum Gasteiger partial charge on any atom is -0.490 e. The van der Waals surface area contributed by atoms with Crippen molar-refractivity contribution >= 4 is 23.0 Å². The predicted molar refractivity (Wildman–Crippen MR) is 113 cm³/mol. The van der Waals surface area contributed by atoms with Crippen LogP contribution in [0, 0.1) is 6.92 Å². The van der Waals surface area contributed by atoms with Crippen molar-refractivity contribution in [1.82, 2.24) is 14.9 Å². The molecule has 1 aromatic heterocycles. The minimum atomic E-state index is 0.489. The van der Waals surface area contributed by atoms with E-state index >= 15 is 0 Å². The molecule has 0 spiro atoms. The summed E-state index contributed by atoms with van der Waals surface area (Å²) in [5, 5.41) is 7.01. The number of ether oxygens (including phenoxy) is 1. The first-order valence-electron chi connectivity index (χ1n) is 8.64. The number of thiocarbonyl (C=S) groups is 1. The summed E-state index contributed by atoms with van der Waals surface area (Å²) >= 11 is 5.42. The fourth-order valence-corrected chi connectivity index (χ4v) is 2.86. The zero-order valence-corrected chi connectivity index (χ0v) is 16.0. The number of anilines is 1. The van der Waals surface area contributed by atoms with Crippen molar-refractivity contribution in [2.24, 2.45) is 0 Å². The molecule has 138 valence electrons. The monoisotopic (exact) mass is 378 g/mol. The second kappa shape index (κ2) is 9.00. The number of nitrogens with zero attached hydrogens (tertiary/aromatic N) is 2. The van der Waals surface area contributed by atoms with Gasteiger partial charge in [-0.15, -0.1) is 0 Å². The Morgan fingerprint density at radius 1 is 1.22 bits per heavy atom. The van der Waals surface area contributed by atoms with Crippen LogP contribution in [0.1, 0.15) is 11.4 Å². The van der Waals surface area contributed by atoms with Crippen molar-refractivity contribution in [3.63, 3.8) is 0 Å². The smallest absolute Gasteiger partial charge is 0.171 e. The summed E-state index contributed by atoms with van der Waals surface area (Å²) in [5.41, 5.74) is 3.12. The molecule has 0 unspecified atom stereocenters. The van der Waals surface area contributed by atoms with Crippen LogP contribution in [0.25, 0.3) is 5.69 Å². The molecule has 2 aromatic carbocycles. The van der Waals surface area contributed by atoms with Gasteiger partial charge in [0.15, 0.2) is 5.11 Å². The topological polar surface area (TPSA) is 51.1 Å². The molecule has 0 aliphatic rings. The van der Waals surface area contributed by atoms with Crippen LogP contribution in [-0.4, -0.2) is 21.3 Å². The molecular weight excluding hydrogens is 356 g/mol. The Kier molecular flexibility index (Phi) is 6.22. The fourth-order valence-electron chi connectivity index (χ4n) is 2.67. The van der Waals surface area contributed by atoms with Crippen LogP contribution in [0.2, 0.25) is 0 Å². The van der Waals surface area contributed by atoms with Crippen LogP contribution in [0.4, 0.5) is 5.69 Å². The number of rotatable bonds is 7. The first-order chi connectivity index (χ1) is 13.2. The number of para-hydroxylation sites is 1. The summed E-state index contributed by atoms with van der Waals surface area (Å²) in [4.78, 5) is 4.30. The van der Waals surface area contributed by atoms with E-state index in [1.54, 1.807) is 12.3 Å². The summed E-state index contributed by atoms with van der Waals surface area (Å²) in [6.45, 7) is 6.72. The van der Waals surface area contributed by atoms with Crippen molar-refractivity contribution in [3.8, 4) is 11.4 Å². The van der Waals surface area contributed by atoms with Gasteiger partial charge in [0.2, 0.25) is 0 Å². The van der Waals surface area contributed by atoms with E-state index in [-0.39, 0.29) is 0 Å². The summed E-state index contributed by atoms with van der Waals surface area (Å²) in [6, 6.07) is 15.8. The Bertz CT molecular complexity index is 918. The van der Waals surface area contributed by atoms with E-state index in [1.807, 2.05) is 49.5 Å². The third-order valence-corrected chi connectivity index (χ3v) is 4.24. The standard InChI is InChI=1S/C21H22N4OS/c1-3-14-26-19-10-8-18(9-11-19)24-21(27)23-15-17-6-4-5-7-20(17)25-13-12-22-16(25)2/h3-13H,1,14-15H2,2H3,(H2,23,24,27). The highest BCUT2D eigenvalue weighted by Gasteiger charge is 2.07. The van der Waals surface area contributed by atoms with Crippen molar-refractivity contribution < 1.29 is 4.74 Å². The van der Waals surface area contributed by atoms with Crippen molar-refractivity contribution in [1.29, 1.82) is 0 Å². The number of hydrogen-bond acceptors (Lipinski definition) is 3. The molecule has 0 atom stereocenters. The van der Waals surface area contributed by atoms with Gasteiger partial charge in [-0.25, -0.2) is 4.98 Å². The molecule has 1 heterocycles. The van der Waals surface area contributed by atoms with Crippen molar-refractivity contribution in [2.45, 2.75) is 13.5 Å². The maximum Gasteiger partial charge on any atom is 0.171 e. The molecule has 0 fully saturated rings. The third kappa shape index (κ3) is 4.95. The summed E-state index contributed by atoms with van der Waals surface area (Å²) in [5.74, 6) is 1.74. The van der Waals surface area contributed by atoms with E-state index in [4.69, 9.17) is 17.0 Å². The number of benzene rings is 2. The van der Waals surface area contributed by atoms with Gasteiger partial charge >= 0.3 is 0 Å². The third-order valence-electron chi connectivity index (χ3n) is 4.00. The molecule has 0 radical (unpaired) electrons. The number of nitrogens with one attached hydrogen (secondary N) is 2. The highest BCUT2D eigenvalue weighted by Crippen LogP contribution is 2.17. The van der Waals surface area contributed by atoms with E-state index < -0.39 is 0 Å². The van der Waals surface area contributed by atoms with Crippen molar-refractivity contribution in [3.05, 3.63) is 85.0 Å². The molecule has 0 saturated heterocycles. The number of aryl methyl sites for hydroxylation is 1. The molecule has 0 bridgehead atoms. The maximum atomic E-state index is 5.48. The zero-order valence-electron chi connectivity index (χ0n) is 15.2. The summed E-state index contributed by atoms with van der Waals surface area (Å²) in [7, 11) is 0. The lowest BCUT2D eigenvalue weighted by molar-refractivity contribution is 0.363. The molecule has 0 saturated carbocycles. The highest BCUT2D eigenvalue weighted by molar-refractivity contribution is 7.80. The molecule has 2 N–H and O–H groups in total. The van der Waals surface area contributed by atoms with Gasteiger partial charge in [0, 0.05) is 24.6 Å². The molecule has 5 nitrogen and oxygen atoms in total. The van der Waals surface area contributed by atoms with E-state index in [1.165, 1.54) is 0 Å². The van der Waals surface area contributed by atoms with Crippen LogP contribution < -0.4 is 15.4 Å². The highest BCUT2D eigenvalue weighted by atomic mass is 32.1. The number of imidazole rings is 1. The van der Waals surface area contributed by atoms with Gasteiger partial charge in [-0.05, 0) is 55.0 Å². The second-order valence-corrected chi connectivity index (χ2v) is 6.31.